The maximum absolute atomic E-state index is 13.4. The summed E-state index contributed by atoms with van der Waals surface area (Å²) in [7, 11) is 1.69. The van der Waals surface area contributed by atoms with Crippen molar-refractivity contribution in [1.82, 2.24) is 25.8 Å². The molecule has 4 amide bonds. The molecule has 0 aliphatic carbocycles. The molecule has 226 valence electrons. The standard InChI is InChI=1S/C32H43N5O5/c1-23-32(41)36(2)25(20-24-12-6-5-7-13-24)22-42-28-15-9-8-14-26(28)30(39)35-27(21-29(38)34-23)31(40)33-16-19-37-17-10-3-4-11-18-37/h5-9,12-15,23,25,27H,3-4,10-11,16-22H2,1-2H3,(H,33,40)(H,34,38)(H,35,39)/t23-,25-,27-/m0/s1. The molecule has 2 aliphatic heterocycles. The summed E-state index contributed by atoms with van der Waals surface area (Å²) in [5, 5.41) is 8.36. The molecule has 1 saturated heterocycles. The third-order valence-electron chi connectivity index (χ3n) is 7.96. The van der Waals surface area contributed by atoms with E-state index in [-0.39, 0.29) is 30.5 Å². The predicted molar refractivity (Wildman–Crippen MR) is 160 cm³/mol. The average molecular weight is 578 g/mol. The van der Waals surface area contributed by atoms with Crippen molar-refractivity contribution in [2.75, 3.05) is 39.8 Å². The van der Waals surface area contributed by atoms with Crippen LogP contribution in [0.1, 0.15) is 54.9 Å². The van der Waals surface area contributed by atoms with E-state index in [4.69, 9.17) is 4.74 Å². The van der Waals surface area contributed by atoms with Crippen molar-refractivity contribution < 1.29 is 23.9 Å². The molecular weight excluding hydrogens is 534 g/mol. The number of rotatable bonds is 6. The van der Waals surface area contributed by atoms with Crippen LogP contribution < -0.4 is 20.7 Å². The Morgan fingerprint density at radius 2 is 1.64 bits per heavy atom. The first-order valence-corrected chi connectivity index (χ1v) is 14.9. The van der Waals surface area contributed by atoms with Crippen LogP contribution in [0, 0.1) is 0 Å². The lowest BCUT2D eigenvalue weighted by Gasteiger charge is -2.31. The molecule has 10 nitrogen and oxygen atoms in total. The van der Waals surface area contributed by atoms with Gasteiger partial charge in [0.2, 0.25) is 17.7 Å². The van der Waals surface area contributed by atoms with Gasteiger partial charge >= 0.3 is 0 Å². The number of likely N-dealkylation sites (tertiary alicyclic amines) is 1. The minimum Gasteiger partial charge on any atom is -0.491 e. The monoisotopic (exact) mass is 577 g/mol. The Balaban J connectivity index is 1.52. The second-order valence-electron chi connectivity index (χ2n) is 11.2. The summed E-state index contributed by atoms with van der Waals surface area (Å²) in [6.45, 7) is 4.87. The van der Waals surface area contributed by atoms with Gasteiger partial charge in [0, 0.05) is 20.1 Å². The van der Waals surface area contributed by atoms with Gasteiger partial charge in [0.05, 0.1) is 18.0 Å². The highest BCUT2D eigenvalue weighted by Crippen LogP contribution is 2.20. The van der Waals surface area contributed by atoms with Gasteiger partial charge in [-0.05, 0) is 57.0 Å². The zero-order valence-corrected chi connectivity index (χ0v) is 24.6. The van der Waals surface area contributed by atoms with Crippen molar-refractivity contribution in [1.29, 1.82) is 0 Å². The number of nitrogens with zero attached hydrogens (tertiary/aromatic N) is 2. The maximum Gasteiger partial charge on any atom is 0.255 e. The lowest BCUT2D eigenvalue weighted by atomic mass is 10.0. The third kappa shape index (κ3) is 8.79. The van der Waals surface area contributed by atoms with E-state index in [0.717, 1.165) is 31.5 Å². The van der Waals surface area contributed by atoms with Gasteiger partial charge < -0.3 is 30.5 Å². The van der Waals surface area contributed by atoms with Gasteiger partial charge in [-0.25, -0.2) is 0 Å². The molecule has 0 saturated carbocycles. The molecule has 0 aromatic heterocycles. The topological polar surface area (TPSA) is 120 Å². The number of hydrogen-bond acceptors (Lipinski definition) is 6. The van der Waals surface area contributed by atoms with Gasteiger partial charge in [-0.2, -0.15) is 0 Å². The maximum atomic E-state index is 13.4. The van der Waals surface area contributed by atoms with Crippen LogP contribution in [0.3, 0.4) is 0 Å². The van der Waals surface area contributed by atoms with E-state index in [0.29, 0.717) is 25.3 Å². The van der Waals surface area contributed by atoms with Crippen molar-refractivity contribution in [3.05, 3.63) is 65.7 Å². The quantitative estimate of drug-likeness (QED) is 0.484. The molecule has 4 rings (SSSR count). The van der Waals surface area contributed by atoms with Crippen LogP contribution in [0.2, 0.25) is 0 Å². The molecule has 0 bridgehead atoms. The highest BCUT2D eigenvalue weighted by atomic mass is 16.5. The fraction of sp³-hybridized carbons (Fsp3) is 0.500. The first-order valence-electron chi connectivity index (χ1n) is 14.9. The van der Waals surface area contributed by atoms with Crippen LogP contribution in [-0.4, -0.2) is 91.4 Å². The van der Waals surface area contributed by atoms with Gasteiger partial charge in [-0.15, -0.1) is 0 Å². The lowest BCUT2D eigenvalue weighted by molar-refractivity contribution is -0.137. The summed E-state index contributed by atoms with van der Waals surface area (Å²) in [6, 6.07) is 14.2. The minimum atomic E-state index is -1.12. The summed E-state index contributed by atoms with van der Waals surface area (Å²) in [5.41, 5.74) is 1.28. The summed E-state index contributed by atoms with van der Waals surface area (Å²) in [6.07, 6.45) is 4.96. The number of fused-ring (bicyclic) bond motifs is 1. The molecule has 10 heteroatoms. The molecule has 3 atom stereocenters. The van der Waals surface area contributed by atoms with Gasteiger partial charge in [-0.3, -0.25) is 19.2 Å². The highest BCUT2D eigenvalue weighted by molar-refractivity contribution is 6.01. The first-order chi connectivity index (χ1) is 20.3. The smallest absolute Gasteiger partial charge is 0.255 e. The summed E-state index contributed by atoms with van der Waals surface area (Å²) in [5.74, 6) is -1.40. The van der Waals surface area contributed by atoms with Crippen LogP contribution >= 0.6 is 0 Å². The summed E-state index contributed by atoms with van der Waals surface area (Å²) in [4.78, 5) is 57.0. The fourth-order valence-electron chi connectivity index (χ4n) is 5.46. The number of nitrogens with one attached hydrogen (secondary N) is 3. The van der Waals surface area contributed by atoms with E-state index < -0.39 is 29.8 Å². The fourth-order valence-corrected chi connectivity index (χ4v) is 5.46. The highest BCUT2D eigenvalue weighted by Gasteiger charge is 2.30. The van der Waals surface area contributed by atoms with E-state index in [1.54, 1.807) is 43.1 Å². The number of hydrogen-bond donors (Lipinski definition) is 3. The average Bonchev–Trinajstić information content (AvgIpc) is 3.27. The molecule has 2 heterocycles. The molecule has 0 radical (unpaired) electrons. The van der Waals surface area contributed by atoms with Crippen LogP contribution in [0.5, 0.6) is 5.75 Å². The largest absolute Gasteiger partial charge is 0.491 e. The van der Waals surface area contributed by atoms with E-state index in [1.807, 2.05) is 30.3 Å². The normalized spacial score (nSPS) is 23.0. The van der Waals surface area contributed by atoms with Crippen LogP contribution in [0.25, 0.3) is 0 Å². The lowest BCUT2D eigenvalue weighted by Crippen LogP contribution is -2.54. The summed E-state index contributed by atoms with van der Waals surface area (Å²) >= 11 is 0. The second-order valence-corrected chi connectivity index (χ2v) is 11.2. The number of ether oxygens (including phenoxy) is 1. The number of amides is 4. The Morgan fingerprint density at radius 3 is 2.38 bits per heavy atom. The molecule has 0 unspecified atom stereocenters. The van der Waals surface area contributed by atoms with E-state index in [9.17, 15) is 19.2 Å². The third-order valence-corrected chi connectivity index (χ3v) is 7.96. The zero-order chi connectivity index (χ0) is 29.9. The molecule has 2 aromatic carbocycles. The number of likely N-dealkylation sites (N-methyl/N-ethyl adjacent to an activating group) is 1. The number of para-hydroxylation sites is 1. The van der Waals surface area contributed by atoms with Gasteiger partial charge in [0.15, 0.2) is 0 Å². The van der Waals surface area contributed by atoms with E-state index >= 15 is 0 Å². The Kier molecular flexibility index (Phi) is 11.3. The number of benzene rings is 2. The van der Waals surface area contributed by atoms with Crippen molar-refractivity contribution >= 4 is 23.6 Å². The van der Waals surface area contributed by atoms with Crippen molar-refractivity contribution in [3.63, 3.8) is 0 Å². The number of carbonyl (C=O) groups is 4. The van der Waals surface area contributed by atoms with Crippen LogP contribution in [0.4, 0.5) is 0 Å². The van der Waals surface area contributed by atoms with Crippen LogP contribution in [0.15, 0.2) is 54.6 Å². The molecule has 42 heavy (non-hydrogen) atoms. The summed E-state index contributed by atoms with van der Waals surface area (Å²) < 4.78 is 6.15. The molecule has 1 fully saturated rings. The van der Waals surface area contributed by atoms with Gasteiger partial charge in [0.1, 0.15) is 24.4 Å². The first kappa shape index (κ1) is 31.0. The minimum absolute atomic E-state index is 0.127. The van der Waals surface area contributed by atoms with Crippen LogP contribution in [-0.2, 0) is 20.8 Å². The molecule has 2 aliphatic rings. The Bertz CT molecular complexity index is 1210. The SMILES string of the molecule is C[C@@H]1NC(=O)C[C@@H](C(=O)NCCN2CCCCCC2)NC(=O)c2ccccc2OC[C@H](Cc2ccccc2)N(C)C1=O. The van der Waals surface area contributed by atoms with E-state index in [2.05, 4.69) is 20.9 Å². The number of carbonyl (C=O) groups excluding carboxylic acids is 4. The van der Waals surface area contributed by atoms with E-state index in [1.165, 1.54) is 12.8 Å². The molecule has 3 N–H and O–H groups in total. The van der Waals surface area contributed by atoms with Crippen molar-refractivity contribution in [3.8, 4) is 5.75 Å². The second kappa shape index (κ2) is 15.3. The van der Waals surface area contributed by atoms with Gasteiger partial charge in [0.25, 0.3) is 5.91 Å². The van der Waals surface area contributed by atoms with Gasteiger partial charge in [-0.1, -0.05) is 55.3 Å². The molecule has 2 aromatic rings. The Labute approximate surface area is 248 Å². The molecular formula is C32H43N5O5. The van der Waals surface area contributed by atoms with Crippen molar-refractivity contribution in [2.24, 2.45) is 0 Å². The molecule has 0 spiro atoms. The zero-order valence-electron chi connectivity index (χ0n) is 24.6. The Morgan fingerprint density at radius 1 is 0.952 bits per heavy atom. The Hall–Kier alpha value is -3.92. The predicted octanol–water partition coefficient (Wildman–Crippen LogP) is 2.13. The van der Waals surface area contributed by atoms with Crippen molar-refractivity contribution in [2.45, 2.75) is 63.6 Å².